The van der Waals surface area contributed by atoms with Gasteiger partial charge in [0.2, 0.25) is 5.91 Å². The van der Waals surface area contributed by atoms with Crippen LogP contribution in [-0.2, 0) is 14.3 Å². The molecule has 7 heteroatoms. The lowest BCUT2D eigenvalue weighted by Crippen LogP contribution is -2.42. The number of para-hydroxylation sites is 1. The Hall–Kier alpha value is -2.12. The second-order valence-electron chi connectivity index (χ2n) is 7.30. The summed E-state index contributed by atoms with van der Waals surface area (Å²) in [4.78, 5) is 28.8. The van der Waals surface area contributed by atoms with Crippen molar-refractivity contribution in [3.05, 3.63) is 29.8 Å². The van der Waals surface area contributed by atoms with E-state index in [0.29, 0.717) is 63.8 Å². The molecule has 1 atom stereocenters. The van der Waals surface area contributed by atoms with Gasteiger partial charge in [0.25, 0.3) is 5.91 Å². The predicted octanol–water partition coefficient (Wildman–Crippen LogP) is 1.81. The van der Waals surface area contributed by atoms with Crippen molar-refractivity contribution in [2.45, 2.75) is 19.3 Å². The molecule has 1 aromatic carbocycles. The van der Waals surface area contributed by atoms with Crippen LogP contribution >= 0.6 is 0 Å². The van der Waals surface area contributed by atoms with Gasteiger partial charge in [-0.15, -0.1) is 0 Å². The van der Waals surface area contributed by atoms with E-state index < -0.39 is 0 Å². The molecule has 0 bridgehead atoms. The predicted molar refractivity (Wildman–Crippen MR) is 104 cm³/mol. The zero-order valence-electron chi connectivity index (χ0n) is 16.6. The Morgan fingerprint density at radius 1 is 1.14 bits per heavy atom. The topological polar surface area (TPSA) is 68.3 Å². The van der Waals surface area contributed by atoms with Crippen LogP contribution in [0, 0.1) is 5.92 Å². The van der Waals surface area contributed by atoms with Crippen molar-refractivity contribution in [2.24, 2.45) is 5.92 Å². The molecule has 7 nitrogen and oxygen atoms in total. The molecule has 0 aliphatic carbocycles. The van der Waals surface area contributed by atoms with Crippen LogP contribution in [0.15, 0.2) is 24.3 Å². The molecule has 2 saturated heterocycles. The third-order valence-electron chi connectivity index (χ3n) is 5.28. The molecule has 0 spiro atoms. The van der Waals surface area contributed by atoms with Crippen molar-refractivity contribution in [3.63, 3.8) is 0 Å². The monoisotopic (exact) mass is 390 g/mol. The van der Waals surface area contributed by atoms with E-state index >= 15 is 0 Å². The zero-order valence-corrected chi connectivity index (χ0v) is 16.6. The van der Waals surface area contributed by atoms with Gasteiger partial charge in [-0.2, -0.15) is 0 Å². The lowest BCUT2D eigenvalue weighted by molar-refractivity contribution is -0.134. The van der Waals surface area contributed by atoms with Crippen LogP contribution < -0.4 is 4.74 Å². The molecular weight excluding hydrogens is 360 g/mol. The van der Waals surface area contributed by atoms with Crippen molar-refractivity contribution in [1.29, 1.82) is 0 Å². The highest BCUT2D eigenvalue weighted by molar-refractivity contribution is 5.97. The molecule has 2 amide bonds. The first-order chi connectivity index (χ1) is 13.7. The number of carbonyl (C=O) groups is 2. The molecular formula is C21H30N2O5. The summed E-state index contributed by atoms with van der Waals surface area (Å²) in [5, 5.41) is 0. The smallest absolute Gasteiger partial charge is 0.257 e. The second kappa shape index (κ2) is 10.4. The number of likely N-dealkylation sites (tertiary alicyclic amines) is 1. The number of hydrogen-bond acceptors (Lipinski definition) is 5. The average molecular weight is 390 g/mol. The molecule has 2 aliphatic heterocycles. The molecule has 0 aromatic heterocycles. The van der Waals surface area contributed by atoms with Crippen molar-refractivity contribution < 1.29 is 23.8 Å². The van der Waals surface area contributed by atoms with Gasteiger partial charge in [-0.1, -0.05) is 12.1 Å². The minimum atomic E-state index is -0.0149. The number of nitrogens with zero attached hydrogens (tertiary/aromatic N) is 2. The average Bonchev–Trinajstić information content (AvgIpc) is 2.76. The van der Waals surface area contributed by atoms with Crippen molar-refractivity contribution >= 4 is 11.8 Å². The number of hydrogen-bond donors (Lipinski definition) is 0. The molecule has 0 saturated carbocycles. The standard InChI is InChI=1S/C21H30N2O5/c1-26-12-8-20(24)23-9-4-5-17(15-23)16-28-19-7-3-2-6-18(19)21(25)22-10-13-27-14-11-22/h2-3,6-7,17H,4-5,8-16H2,1H3. The van der Waals surface area contributed by atoms with Gasteiger partial charge in [0.05, 0.1) is 38.4 Å². The van der Waals surface area contributed by atoms with E-state index in [1.165, 1.54) is 0 Å². The minimum Gasteiger partial charge on any atom is -0.492 e. The van der Waals surface area contributed by atoms with Crippen LogP contribution in [0.1, 0.15) is 29.6 Å². The number of rotatable bonds is 7. The third kappa shape index (κ3) is 5.45. The lowest BCUT2D eigenvalue weighted by atomic mass is 9.98. The molecule has 2 heterocycles. The van der Waals surface area contributed by atoms with Crippen LogP contribution in [0.4, 0.5) is 0 Å². The fourth-order valence-corrected chi connectivity index (χ4v) is 3.69. The Morgan fingerprint density at radius 2 is 1.93 bits per heavy atom. The Kier molecular flexibility index (Phi) is 7.68. The first-order valence-electron chi connectivity index (χ1n) is 10.0. The van der Waals surface area contributed by atoms with Crippen LogP contribution in [0.25, 0.3) is 0 Å². The van der Waals surface area contributed by atoms with E-state index in [-0.39, 0.29) is 17.7 Å². The molecule has 1 unspecified atom stereocenters. The van der Waals surface area contributed by atoms with E-state index in [1.807, 2.05) is 34.1 Å². The molecule has 28 heavy (non-hydrogen) atoms. The summed E-state index contributed by atoms with van der Waals surface area (Å²) in [6.07, 6.45) is 2.41. The minimum absolute atomic E-state index is 0.0149. The number of benzene rings is 1. The van der Waals surface area contributed by atoms with Crippen LogP contribution in [0.3, 0.4) is 0 Å². The third-order valence-corrected chi connectivity index (χ3v) is 5.28. The molecule has 3 rings (SSSR count). The van der Waals surface area contributed by atoms with Crippen LogP contribution in [-0.4, -0.2) is 81.3 Å². The first kappa shape index (κ1) is 20.6. The molecule has 2 aliphatic rings. The fraction of sp³-hybridized carbons (Fsp3) is 0.619. The summed E-state index contributed by atoms with van der Waals surface area (Å²) in [6.45, 7) is 4.80. The largest absolute Gasteiger partial charge is 0.492 e. The number of methoxy groups -OCH3 is 1. The lowest BCUT2D eigenvalue weighted by Gasteiger charge is -2.33. The number of carbonyl (C=O) groups excluding carboxylic acids is 2. The maximum atomic E-state index is 12.8. The molecule has 0 N–H and O–H groups in total. The highest BCUT2D eigenvalue weighted by atomic mass is 16.5. The van der Waals surface area contributed by atoms with E-state index in [2.05, 4.69) is 0 Å². The highest BCUT2D eigenvalue weighted by Crippen LogP contribution is 2.23. The van der Waals surface area contributed by atoms with Crippen molar-refractivity contribution in [2.75, 3.05) is 59.7 Å². The quantitative estimate of drug-likeness (QED) is 0.710. The van der Waals surface area contributed by atoms with E-state index in [0.717, 1.165) is 19.4 Å². The van der Waals surface area contributed by atoms with Gasteiger partial charge in [0.1, 0.15) is 5.75 Å². The summed E-state index contributed by atoms with van der Waals surface area (Å²) in [5.41, 5.74) is 0.591. The summed E-state index contributed by atoms with van der Waals surface area (Å²) >= 11 is 0. The molecule has 0 radical (unpaired) electrons. The maximum absolute atomic E-state index is 12.8. The summed E-state index contributed by atoms with van der Waals surface area (Å²) in [6, 6.07) is 7.40. The maximum Gasteiger partial charge on any atom is 0.257 e. The zero-order chi connectivity index (χ0) is 19.8. The molecule has 2 fully saturated rings. The Balaban J connectivity index is 1.57. The van der Waals surface area contributed by atoms with Gasteiger partial charge in [-0.05, 0) is 25.0 Å². The Morgan fingerprint density at radius 3 is 2.71 bits per heavy atom. The number of morpholine rings is 1. The van der Waals surface area contributed by atoms with Crippen molar-refractivity contribution in [3.8, 4) is 5.75 Å². The first-order valence-corrected chi connectivity index (χ1v) is 10.0. The van der Waals surface area contributed by atoms with Gasteiger partial charge < -0.3 is 24.0 Å². The Bertz CT molecular complexity index is 660. The second-order valence-corrected chi connectivity index (χ2v) is 7.30. The van der Waals surface area contributed by atoms with Gasteiger partial charge in [-0.25, -0.2) is 0 Å². The summed E-state index contributed by atoms with van der Waals surface area (Å²) in [5.74, 6) is 1.00. The van der Waals surface area contributed by atoms with Gasteiger partial charge >= 0.3 is 0 Å². The van der Waals surface area contributed by atoms with E-state index in [9.17, 15) is 9.59 Å². The van der Waals surface area contributed by atoms with Gasteiger partial charge in [-0.3, -0.25) is 9.59 Å². The van der Waals surface area contributed by atoms with Crippen LogP contribution in [0.5, 0.6) is 5.75 Å². The number of amides is 2. The number of ether oxygens (including phenoxy) is 3. The summed E-state index contributed by atoms with van der Waals surface area (Å²) < 4.78 is 16.4. The summed E-state index contributed by atoms with van der Waals surface area (Å²) in [7, 11) is 1.61. The normalized spacial score (nSPS) is 20.1. The van der Waals surface area contributed by atoms with Crippen LogP contribution in [0.2, 0.25) is 0 Å². The fourth-order valence-electron chi connectivity index (χ4n) is 3.69. The number of piperidine rings is 1. The molecule has 1 aromatic rings. The van der Waals surface area contributed by atoms with Gasteiger partial charge in [0, 0.05) is 39.2 Å². The SMILES string of the molecule is COCCC(=O)N1CCCC(COc2ccccc2C(=O)N2CCOCC2)C1. The molecule has 154 valence electrons. The highest BCUT2D eigenvalue weighted by Gasteiger charge is 2.25. The van der Waals surface area contributed by atoms with E-state index in [4.69, 9.17) is 14.2 Å². The van der Waals surface area contributed by atoms with E-state index in [1.54, 1.807) is 7.11 Å². The Labute approximate surface area is 166 Å². The van der Waals surface area contributed by atoms with Gasteiger partial charge in [0.15, 0.2) is 0 Å². The van der Waals surface area contributed by atoms with Crippen molar-refractivity contribution in [1.82, 2.24) is 9.80 Å².